The van der Waals surface area contributed by atoms with Crippen LogP contribution in [-0.2, 0) is 10.0 Å². The number of hydrogen-bond acceptors (Lipinski definition) is 7. The van der Waals surface area contributed by atoms with E-state index in [0.29, 0.717) is 16.7 Å². The first-order valence-corrected chi connectivity index (χ1v) is 13.0. The molecule has 0 atom stereocenters. The number of sulfonamides is 1. The molecule has 3 rings (SSSR count). The van der Waals surface area contributed by atoms with Crippen molar-refractivity contribution >= 4 is 61.4 Å². The number of carbonyl (C=O) groups is 1. The van der Waals surface area contributed by atoms with Crippen LogP contribution in [0.1, 0.15) is 29.8 Å². The predicted octanol–water partition coefficient (Wildman–Crippen LogP) is 5.30. The molecule has 0 fully saturated rings. The lowest BCUT2D eigenvalue weighted by molar-refractivity contribution is 0.102. The molecule has 164 valence electrons. The Kier molecular flexibility index (Phi) is 7.58. The molecular weight excluding hydrogens is 476 g/mol. The fourth-order valence-electron chi connectivity index (χ4n) is 2.50. The number of nitrogens with one attached hydrogen (secondary N) is 2. The Morgan fingerprint density at radius 1 is 1.19 bits per heavy atom. The first-order chi connectivity index (χ1) is 14.6. The van der Waals surface area contributed by atoms with E-state index in [0.717, 1.165) is 15.7 Å². The van der Waals surface area contributed by atoms with Crippen LogP contribution in [0.25, 0.3) is 0 Å². The van der Waals surface area contributed by atoms with Gasteiger partial charge in [-0.25, -0.2) is 8.42 Å². The van der Waals surface area contributed by atoms with Gasteiger partial charge in [-0.1, -0.05) is 60.7 Å². The highest BCUT2D eigenvalue weighted by Crippen LogP contribution is 2.28. The van der Waals surface area contributed by atoms with Crippen LogP contribution < -0.4 is 10.0 Å². The van der Waals surface area contributed by atoms with Gasteiger partial charge in [-0.05, 0) is 48.7 Å². The van der Waals surface area contributed by atoms with E-state index in [1.165, 1.54) is 29.5 Å². The van der Waals surface area contributed by atoms with E-state index in [1.807, 2.05) is 13.0 Å². The van der Waals surface area contributed by atoms with Gasteiger partial charge in [0, 0.05) is 17.0 Å². The SMILES string of the molecule is Cc1cccc(NS(=O)(=O)c2cc(C(=O)Nc3nnc(SCC(C)C)s3)ccc2Cl)c1. The van der Waals surface area contributed by atoms with E-state index >= 15 is 0 Å². The number of aryl methyl sites for hydroxylation is 1. The fourth-order valence-corrected chi connectivity index (χ4v) is 5.79. The summed E-state index contributed by atoms with van der Waals surface area (Å²) in [6, 6.07) is 11.0. The van der Waals surface area contributed by atoms with Gasteiger partial charge in [-0.3, -0.25) is 14.8 Å². The van der Waals surface area contributed by atoms with Crippen molar-refractivity contribution in [1.29, 1.82) is 0 Å². The molecule has 11 heteroatoms. The first-order valence-electron chi connectivity index (χ1n) is 9.31. The minimum atomic E-state index is -3.99. The summed E-state index contributed by atoms with van der Waals surface area (Å²) >= 11 is 8.97. The number of halogens is 1. The molecule has 0 radical (unpaired) electrons. The lowest BCUT2D eigenvalue weighted by atomic mass is 10.2. The summed E-state index contributed by atoms with van der Waals surface area (Å²) in [6.45, 7) is 6.07. The molecule has 0 unspecified atom stereocenters. The number of aromatic nitrogens is 2. The van der Waals surface area contributed by atoms with Crippen molar-refractivity contribution in [2.45, 2.75) is 30.0 Å². The number of carbonyl (C=O) groups excluding carboxylic acids is 1. The molecule has 3 aromatic rings. The summed E-state index contributed by atoms with van der Waals surface area (Å²) in [6.07, 6.45) is 0. The summed E-state index contributed by atoms with van der Waals surface area (Å²) in [5, 5.41) is 11.0. The van der Waals surface area contributed by atoms with Crippen LogP contribution in [0.3, 0.4) is 0 Å². The third kappa shape index (κ3) is 6.42. The molecule has 1 aromatic heterocycles. The molecule has 0 spiro atoms. The van der Waals surface area contributed by atoms with Crippen LogP contribution in [0.4, 0.5) is 10.8 Å². The van der Waals surface area contributed by atoms with E-state index < -0.39 is 15.9 Å². The smallest absolute Gasteiger partial charge is 0.263 e. The quantitative estimate of drug-likeness (QED) is 0.324. The number of nitrogens with zero attached hydrogens (tertiary/aromatic N) is 2. The van der Waals surface area contributed by atoms with E-state index in [4.69, 9.17) is 11.6 Å². The van der Waals surface area contributed by atoms with Crippen molar-refractivity contribution < 1.29 is 13.2 Å². The second-order valence-electron chi connectivity index (χ2n) is 7.15. The highest BCUT2D eigenvalue weighted by Gasteiger charge is 2.21. The average Bonchev–Trinajstić information content (AvgIpc) is 3.13. The zero-order valence-corrected chi connectivity index (χ0v) is 20.3. The standard InChI is InChI=1S/C20H21ClN4O3S3/c1-12(2)11-29-20-24-23-19(30-20)22-18(26)14-7-8-16(21)17(10-14)31(27,28)25-15-6-4-5-13(3)9-15/h4-10,12,25H,11H2,1-3H3,(H,22,23,26). The third-order valence-corrected chi connectivity index (χ3v) is 8.18. The molecule has 0 saturated heterocycles. The zero-order valence-electron chi connectivity index (χ0n) is 17.0. The summed E-state index contributed by atoms with van der Waals surface area (Å²) in [7, 11) is -3.99. The Bertz CT molecular complexity index is 1200. The monoisotopic (exact) mass is 496 g/mol. The summed E-state index contributed by atoms with van der Waals surface area (Å²) < 4.78 is 28.9. The highest BCUT2D eigenvalue weighted by molar-refractivity contribution is 8.01. The molecule has 7 nitrogen and oxygen atoms in total. The Balaban J connectivity index is 1.77. The number of rotatable bonds is 8. The minimum absolute atomic E-state index is 0.0139. The number of anilines is 2. The molecular formula is C20H21ClN4O3S3. The minimum Gasteiger partial charge on any atom is -0.296 e. The van der Waals surface area contributed by atoms with E-state index in [1.54, 1.807) is 30.0 Å². The second kappa shape index (κ2) is 9.99. The molecule has 0 aliphatic carbocycles. The first kappa shape index (κ1) is 23.5. The Hall–Kier alpha value is -2.14. The lowest BCUT2D eigenvalue weighted by Gasteiger charge is -2.11. The molecule has 0 aliphatic heterocycles. The highest BCUT2D eigenvalue weighted by atomic mass is 35.5. The van der Waals surface area contributed by atoms with Crippen molar-refractivity contribution in [3.63, 3.8) is 0 Å². The molecule has 2 aromatic carbocycles. The fraction of sp³-hybridized carbons (Fsp3) is 0.250. The van der Waals surface area contributed by atoms with Crippen molar-refractivity contribution in [2.75, 3.05) is 15.8 Å². The molecule has 31 heavy (non-hydrogen) atoms. The van der Waals surface area contributed by atoms with Gasteiger partial charge in [0.05, 0.1) is 5.02 Å². The largest absolute Gasteiger partial charge is 0.296 e. The molecule has 0 bridgehead atoms. The molecule has 0 saturated carbocycles. The maximum absolute atomic E-state index is 12.8. The van der Waals surface area contributed by atoms with Crippen LogP contribution >= 0.6 is 34.7 Å². The van der Waals surface area contributed by atoms with Gasteiger partial charge in [0.2, 0.25) is 5.13 Å². The van der Waals surface area contributed by atoms with Crippen molar-refractivity contribution in [1.82, 2.24) is 10.2 Å². The normalized spacial score (nSPS) is 11.5. The van der Waals surface area contributed by atoms with E-state index in [-0.39, 0.29) is 15.5 Å². The summed E-state index contributed by atoms with van der Waals surface area (Å²) in [5.41, 5.74) is 1.45. The predicted molar refractivity (Wildman–Crippen MR) is 127 cm³/mol. The molecule has 2 N–H and O–H groups in total. The molecule has 0 aliphatic rings. The van der Waals surface area contributed by atoms with Crippen molar-refractivity contribution in [2.24, 2.45) is 5.92 Å². The molecule has 1 heterocycles. The van der Waals surface area contributed by atoms with Crippen LogP contribution in [0.5, 0.6) is 0 Å². The number of hydrogen-bond donors (Lipinski definition) is 2. The van der Waals surface area contributed by atoms with Crippen LogP contribution in [0.2, 0.25) is 5.02 Å². The van der Waals surface area contributed by atoms with Gasteiger partial charge in [0.25, 0.3) is 15.9 Å². The summed E-state index contributed by atoms with van der Waals surface area (Å²) in [4.78, 5) is 12.5. The third-order valence-electron chi connectivity index (χ3n) is 3.92. The van der Waals surface area contributed by atoms with Gasteiger partial charge in [0.15, 0.2) is 4.34 Å². The van der Waals surface area contributed by atoms with Crippen molar-refractivity contribution in [3.8, 4) is 0 Å². The zero-order chi connectivity index (χ0) is 22.6. The Morgan fingerprint density at radius 3 is 2.68 bits per heavy atom. The van der Waals surface area contributed by atoms with Gasteiger partial charge >= 0.3 is 0 Å². The lowest BCUT2D eigenvalue weighted by Crippen LogP contribution is -2.16. The van der Waals surface area contributed by atoms with Crippen LogP contribution in [0.15, 0.2) is 51.7 Å². The van der Waals surface area contributed by atoms with Gasteiger partial charge in [-0.15, -0.1) is 10.2 Å². The topological polar surface area (TPSA) is 101 Å². The average molecular weight is 497 g/mol. The van der Waals surface area contributed by atoms with E-state index in [2.05, 4.69) is 34.1 Å². The maximum atomic E-state index is 12.8. The Morgan fingerprint density at radius 2 is 1.97 bits per heavy atom. The number of amides is 1. The van der Waals surface area contributed by atoms with Gasteiger partial charge in [0.1, 0.15) is 4.90 Å². The van der Waals surface area contributed by atoms with Crippen LogP contribution in [-0.4, -0.2) is 30.3 Å². The summed E-state index contributed by atoms with van der Waals surface area (Å²) in [5.74, 6) is 0.907. The van der Waals surface area contributed by atoms with Gasteiger partial charge in [-0.2, -0.15) is 0 Å². The maximum Gasteiger partial charge on any atom is 0.263 e. The van der Waals surface area contributed by atoms with Crippen LogP contribution in [0, 0.1) is 12.8 Å². The second-order valence-corrected chi connectivity index (χ2v) is 11.5. The number of thioether (sulfide) groups is 1. The number of benzene rings is 2. The van der Waals surface area contributed by atoms with Crippen molar-refractivity contribution in [3.05, 3.63) is 58.6 Å². The molecule has 1 amide bonds. The Labute approximate surface area is 194 Å². The van der Waals surface area contributed by atoms with Gasteiger partial charge < -0.3 is 0 Å². The van der Waals surface area contributed by atoms with E-state index in [9.17, 15) is 13.2 Å².